The van der Waals surface area contributed by atoms with Crippen molar-refractivity contribution in [1.82, 2.24) is 0 Å². The fourth-order valence-corrected chi connectivity index (χ4v) is 1.96. The predicted molar refractivity (Wildman–Crippen MR) is 59.2 cm³/mol. The fraction of sp³-hybridized carbons (Fsp3) is 0.455. The van der Waals surface area contributed by atoms with E-state index in [9.17, 15) is 0 Å². The number of hydrogen-bond acceptors (Lipinski definition) is 0. The van der Waals surface area contributed by atoms with E-state index in [1.165, 1.54) is 16.4 Å². The van der Waals surface area contributed by atoms with E-state index >= 15 is 0 Å². The van der Waals surface area contributed by atoms with Crippen molar-refractivity contribution < 1.29 is 0 Å². The minimum absolute atomic E-state index is 0.253. The van der Waals surface area contributed by atoms with Crippen molar-refractivity contribution in [2.75, 3.05) is 0 Å². The lowest BCUT2D eigenvalue weighted by Crippen LogP contribution is -2.20. The van der Waals surface area contributed by atoms with E-state index in [1.54, 1.807) is 0 Å². The van der Waals surface area contributed by atoms with Gasteiger partial charge in [0.25, 0.3) is 0 Å². The van der Waals surface area contributed by atoms with Gasteiger partial charge in [-0.2, -0.15) is 0 Å². The van der Waals surface area contributed by atoms with Crippen LogP contribution in [0.3, 0.4) is 0 Å². The zero-order valence-electron chi connectivity index (χ0n) is 8.31. The minimum atomic E-state index is 0.253. The van der Waals surface area contributed by atoms with Gasteiger partial charge in [0.1, 0.15) is 0 Å². The second-order valence-electron chi connectivity index (χ2n) is 4.29. The summed E-state index contributed by atoms with van der Waals surface area (Å²) in [5.74, 6) is 0. The second kappa shape index (κ2) is 3.18. The van der Waals surface area contributed by atoms with Gasteiger partial charge in [-0.15, -0.1) is 9.24 Å². The quantitative estimate of drug-likeness (QED) is 0.538. The van der Waals surface area contributed by atoms with Gasteiger partial charge in [-0.05, 0) is 28.8 Å². The third kappa shape index (κ3) is 1.87. The summed E-state index contributed by atoms with van der Waals surface area (Å²) in [7, 11) is 2.83. The number of hydrogen-bond donors (Lipinski definition) is 0. The molecule has 0 aliphatic heterocycles. The zero-order chi connectivity index (χ0) is 9.35. The maximum absolute atomic E-state index is 2.83. The molecule has 0 saturated carbocycles. The van der Waals surface area contributed by atoms with Crippen molar-refractivity contribution in [3.63, 3.8) is 0 Å². The first-order chi connectivity index (χ1) is 5.43. The van der Waals surface area contributed by atoms with Crippen LogP contribution in [0.5, 0.6) is 0 Å². The Balaban J connectivity index is 3.26. The van der Waals surface area contributed by atoms with Crippen molar-refractivity contribution in [3.8, 4) is 0 Å². The van der Waals surface area contributed by atoms with Gasteiger partial charge in [0.2, 0.25) is 0 Å². The van der Waals surface area contributed by atoms with Gasteiger partial charge in [0.15, 0.2) is 0 Å². The maximum Gasteiger partial charge on any atom is -0.0126 e. The summed E-state index contributed by atoms with van der Waals surface area (Å²) in [5.41, 5.74) is 3.03. The maximum atomic E-state index is 2.83. The summed E-state index contributed by atoms with van der Waals surface area (Å²) in [6.45, 7) is 8.89. The molecule has 12 heavy (non-hydrogen) atoms. The van der Waals surface area contributed by atoms with Crippen LogP contribution in [0.4, 0.5) is 0 Å². The standard InChI is InChI=1S/C11H17P/c1-8-6-5-7-9(10(8)12)11(2,3)4/h5-7H,12H2,1-4H3. The first kappa shape index (κ1) is 9.74. The Hall–Kier alpha value is -0.350. The summed E-state index contributed by atoms with van der Waals surface area (Å²) < 4.78 is 0. The lowest BCUT2D eigenvalue weighted by atomic mass is 9.86. The highest BCUT2D eigenvalue weighted by Crippen LogP contribution is 2.22. The van der Waals surface area contributed by atoms with E-state index in [4.69, 9.17) is 0 Å². The summed E-state index contributed by atoms with van der Waals surface area (Å²) in [6.07, 6.45) is 0. The van der Waals surface area contributed by atoms with Gasteiger partial charge >= 0.3 is 0 Å². The number of benzene rings is 1. The van der Waals surface area contributed by atoms with Crippen LogP contribution in [-0.4, -0.2) is 0 Å². The minimum Gasteiger partial charge on any atom is -0.105 e. The second-order valence-corrected chi connectivity index (χ2v) is 4.86. The molecule has 1 aromatic carbocycles. The molecule has 0 nitrogen and oxygen atoms in total. The molecule has 0 spiro atoms. The Bertz CT molecular complexity index is 282. The van der Waals surface area contributed by atoms with E-state index in [0.717, 1.165) is 0 Å². The van der Waals surface area contributed by atoms with E-state index in [0.29, 0.717) is 0 Å². The zero-order valence-corrected chi connectivity index (χ0v) is 9.46. The Morgan fingerprint density at radius 2 is 1.75 bits per heavy atom. The van der Waals surface area contributed by atoms with Crippen molar-refractivity contribution in [2.45, 2.75) is 33.1 Å². The van der Waals surface area contributed by atoms with Crippen molar-refractivity contribution in [1.29, 1.82) is 0 Å². The molecule has 66 valence electrons. The molecule has 1 atom stereocenters. The van der Waals surface area contributed by atoms with Crippen molar-refractivity contribution in [2.24, 2.45) is 0 Å². The SMILES string of the molecule is Cc1cccc(C(C)(C)C)c1P. The Labute approximate surface area is 77.6 Å². The van der Waals surface area contributed by atoms with Gasteiger partial charge in [0.05, 0.1) is 0 Å². The summed E-state index contributed by atoms with van der Waals surface area (Å²) in [6, 6.07) is 6.48. The molecule has 0 aliphatic carbocycles. The Morgan fingerprint density at radius 1 is 1.17 bits per heavy atom. The number of aryl methyl sites for hydroxylation is 1. The summed E-state index contributed by atoms with van der Waals surface area (Å²) >= 11 is 0. The van der Waals surface area contributed by atoms with E-state index in [2.05, 4.69) is 55.1 Å². The smallest absolute Gasteiger partial charge is 0.0126 e. The van der Waals surface area contributed by atoms with E-state index in [1.807, 2.05) is 0 Å². The van der Waals surface area contributed by atoms with Crippen LogP contribution >= 0.6 is 9.24 Å². The average molecular weight is 180 g/mol. The Morgan fingerprint density at radius 3 is 2.17 bits per heavy atom. The topological polar surface area (TPSA) is 0 Å². The molecule has 1 unspecified atom stereocenters. The van der Waals surface area contributed by atoms with Crippen molar-refractivity contribution >= 4 is 14.5 Å². The molecule has 0 saturated heterocycles. The van der Waals surface area contributed by atoms with Crippen LogP contribution in [0.25, 0.3) is 0 Å². The third-order valence-electron chi connectivity index (χ3n) is 2.13. The van der Waals surface area contributed by atoms with Crippen molar-refractivity contribution in [3.05, 3.63) is 29.3 Å². The summed E-state index contributed by atoms with van der Waals surface area (Å²) in [4.78, 5) is 0. The van der Waals surface area contributed by atoms with E-state index in [-0.39, 0.29) is 5.41 Å². The lowest BCUT2D eigenvalue weighted by Gasteiger charge is -2.22. The molecule has 1 aromatic rings. The molecule has 0 heterocycles. The molecule has 0 radical (unpaired) electrons. The normalized spacial score (nSPS) is 11.8. The van der Waals surface area contributed by atoms with Gasteiger partial charge in [0, 0.05) is 0 Å². The van der Waals surface area contributed by atoms with E-state index < -0.39 is 0 Å². The van der Waals surface area contributed by atoms with Gasteiger partial charge in [-0.1, -0.05) is 39.0 Å². The van der Waals surface area contributed by atoms with Gasteiger partial charge < -0.3 is 0 Å². The molecule has 1 heteroatoms. The summed E-state index contributed by atoms with van der Waals surface area (Å²) in [5, 5.41) is 1.35. The molecule has 0 fully saturated rings. The van der Waals surface area contributed by atoms with Crippen LogP contribution in [0, 0.1) is 6.92 Å². The molecule has 0 bridgehead atoms. The van der Waals surface area contributed by atoms with Crippen LogP contribution in [-0.2, 0) is 5.41 Å². The van der Waals surface area contributed by atoms with Crippen LogP contribution in [0.15, 0.2) is 18.2 Å². The molecule has 0 aliphatic rings. The number of rotatable bonds is 0. The highest BCUT2D eigenvalue weighted by atomic mass is 31.0. The van der Waals surface area contributed by atoms with Crippen LogP contribution < -0.4 is 5.30 Å². The Kier molecular flexibility index (Phi) is 2.58. The van der Waals surface area contributed by atoms with Crippen LogP contribution in [0.1, 0.15) is 31.9 Å². The third-order valence-corrected chi connectivity index (χ3v) is 2.90. The molecular formula is C11H17P. The molecule has 1 rings (SSSR count). The monoisotopic (exact) mass is 180 g/mol. The first-order valence-corrected chi connectivity index (χ1v) is 4.86. The predicted octanol–water partition coefficient (Wildman–Crippen LogP) is 2.79. The highest BCUT2D eigenvalue weighted by Gasteiger charge is 2.16. The van der Waals surface area contributed by atoms with Gasteiger partial charge in [-0.25, -0.2) is 0 Å². The molecular weight excluding hydrogens is 163 g/mol. The largest absolute Gasteiger partial charge is 0.105 e. The average Bonchev–Trinajstić information content (AvgIpc) is 1.92. The first-order valence-electron chi connectivity index (χ1n) is 4.28. The fourth-order valence-electron chi connectivity index (χ4n) is 1.33. The molecule has 0 aromatic heterocycles. The molecule has 0 amide bonds. The van der Waals surface area contributed by atoms with Gasteiger partial charge in [-0.3, -0.25) is 0 Å². The molecule has 0 N–H and O–H groups in total. The highest BCUT2D eigenvalue weighted by molar-refractivity contribution is 7.27. The van der Waals surface area contributed by atoms with Crippen LogP contribution in [0.2, 0.25) is 0 Å². The lowest BCUT2D eigenvalue weighted by molar-refractivity contribution is 0.594.